The van der Waals surface area contributed by atoms with Crippen molar-refractivity contribution < 1.29 is 0 Å². The molecule has 2 rings (SSSR count). The first kappa shape index (κ1) is 12.8. The van der Waals surface area contributed by atoms with Gasteiger partial charge in [-0.1, -0.05) is 12.1 Å². The molecular formula is C14H22N2S. The summed E-state index contributed by atoms with van der Waals surface area (Å²) in [7, 11) is 2.21. The standard InChI is InChI=1S/C14H22N2S/c1-16(8-3-9-17-2)11-12-4-5-14-13(10-12)6-7-15-14/h4-5,10,15H,3,6-9,11H2,1-2H3. The SMILES string of the molecule is CSCCCN(C)Cc1ccc2c(c1)CCN2. The predicted octanol–water partition coefficient (Wildman–Crippen LogP) is 2.84. The Morgan fingerprint density at radius 1 is 1.41 bits per heavy atom. The molecule has 0 unspecified atom stereocenters. The molecule has 2 nitrogen and oxygen atoms in total. The van der Waals surface area contributed by atoms with Gasteiger partial charge >= 0.3 is 0 Å². The molecule has 0 spiro atoms. The molecule has 0 aliphatic carbocycles. The summed E-state index contributed by atoms with van der Waals surface area (Å²) in [6.45, 7) is 3.36. The lowest BCUT2D eigenvalue weighted by atomic mass is 10.1. The maximum Gasteiger partial charge on any atom is 0.0373 e. The third kappa shape index (κ3) is 3.65. The fourth-order valence-corrected chi connectivity index (χ4v) is 2.74. The summed E-state index contributed by atoms with van der Waals surface area (Å²) in [6.07, 6.45) is 4.64. The van der Waals surface area contributed by atoms with E-state index in [1.165, 1.54) is 42.0 Å². The Hall–Kier alpha value is -0.670. The van der Waals surface area contributed by atoms with Crippen molar-refractivity contribution in [3.8, 4) is 0 Å². The molecule has 3 heteroatoms. The second-order valence-corrected chi connectivity index (χ2v) is 5.74. The van der Waals surface area contributed by atoms with Gasteiger partial charge in [-0.2, -0.15) is 11.8 Å². The van der Waals surface area contributed by atoms with Crippen LogP contribution in [0.1, 0.15) is 17.5 Å². The molecule has 0 fully saturated rings. The van der Waals surface area contributed by atoms with Crippen LogP contribution in [-0.2, 0) is 13.0 Å². The number of hydrogen-bond donors (Lipinski definition) is 1. The fourth-order valence-electron chi connectivity index (χ4n) is 2.33. The Morgan fingerprint density at radius 3 is 3.12 bits per heavy atom. The van der Waals surface area contributed by atoms with E-state index in [9.17, 15) is 0 Å². The Balaban J connectivity index is 1.86. The van der Waals surface area contributed by atoms with Crippen molar-refractivity contribution in [2.75, 3.05) is 37.5 Å². The van der Waals surface area contributed by atoms with Gasteiger partial charge in [0.05, 0.1) is 0 Å². The molecule has 1 aromatic rings. The van der Waals surface area contributed by atoms with Crippen LogP contribution in [0.2, 0.25) is 0 Å². The fraction of sp³-hybridized carbons (Fsp3) is 0.571. The Morgan fingerprint density at radius 2 is 2.29 bits per heavy atom. The van der Waals surface area contributed by atoms with Gasteiger partial charge < -0.3 is 10.2 Å². The van der Waals surface area contributed by atoms with Crippen molar-refractivity contribution in [1.82, 2.24) is 4.90 Å². The monoisotopic (exact) mass is 250 g/mol. The van der Waals surface area contributed by atoms with Crippen LogP contribution in [-0.4, -0.2) is 37.0 Å². The van der Waals surface area contributed by atoms with Crippen LogP contribution in [0, 0.1) is 0 Å². The molecule has 1 N–H and O–H groups in total. The number of fused-ring (bicyclic) bond motifs is 1. The highest BCUT2D eigenvalue weighted by molar-refractivity contribution is 7.98. The maximum atomic E-state index is 3.41. The molecule has 0 radical (unpaired) electrons. The van der Waals surface area contributed by atoms with Crippen LogP contribution < -0.4 is 5.32 Å². The van der Waals surface area contributed by atoms with Gasteiger partial charge in [0.15, 0.2) is 0 Å². The summed E-state index contributed by atoms with van der Waals surface area (Å²) in [5, 5.41) is 3.41. The van der Waals surface area contributed by atoms with E-state index < -0.39 is 0 Å². The molecule has 0 amide bonds. The molecule has 94 valence electrons. The first-order chi connectivity index (χ1) is 8.29. The third-order valence-electron chi connectivity index (χ3n) is 3.22. The Bertz CT molecular complexity index is 365. The zero-order valence-electron chi connectivity index (χ0n) is 10.8. The minimum Gasteiger partial charge on any atom is -0.384 e. The van der Waals surface area contributed by atoms with Crippen molar-refractivity contribution in [3.05, 3.63) is 29.3 Å². The molecule has 0 saturated carbocycles. The maximum absolute atomic E-state index is 3.41. The van der Waals surface area contributed by atoms with Crippen LogP contribution in [0.3, 0.4) is 0 Å². The van der Waals surface area contributed by atoms with Gasteiger partial charge in [0.25, 0.3) is 0 Å². The van der Waals surface area contributed by atoms with E-state index >= 15 is 0 Å². The summed E-state index contributed by atoms with van der Waals surface area (Å²) in [6, 6.07) is 6.84. The van der Waals surface area contributed by atoms with Gasteiger partial charge in [-0.25, -0.2) is 0 Å². The van der Waals surface area contributed by atoms with Crippen molar-refractivity contribution in [2.24, 2.45) is 0 Å². The third-order valence-corrected chi connectivity index (χ3v) is 3.92. The minimum atomic E-state index is 1.07. The van der Waals surface area contributed by atoms with E-state index in [0.717, 1.165) is 13.1 Å². The quantitative estimate of drug-likeness (QED) is 0.782. The molecule has 0 aromatic heterocycles. The molecule has 0 saturated heterocycles. The second-order valence-electron chi connectivity index (χ2n) is 4.75. The van der Waals surface area contributed by atoms with Crippen molar-refractivity contribution in [3.63, 3.8) is 0 Å². The molecule has 1 aromatic carbocycles. The van der Waals surface area contributed by atoms with Crippen LogP contribution in [0.15, 0.2) is 18.2 Å². The summed E-state index contributed by atoms with van der Waals surface area (Å²) in [4.78, 5) is 2.42. The Labute approximate surface area is 109 Å². The number of nitrogens with zero attached hydrogens (tertiary/aromatic N) is 1. The number of hydrogen-bond acceptors (Lipinski definition) is 3. The Kier molecular flexibility index (Phi) is 4.75. The molecule has 17 heavy (non-hydrogen) atoms. The van der Waals surface area contributed by atoms with Crippen LogP contribution in [0.4, 0.5) is 5.69 Å². The largest absolute Gasteiger partial charge is 0.384 e. The van der Waals surface area contributed by atoms with Crippen molar-refractivity contribution in [2.45, 2.75) is 19.4 Å². The molecular weight excluding hydrogens is 228 g/mol. The normalized spacial score (nSPS) is 13.8. The van der Waals surface area contributed by atoms with Gasteiger partial charge in [-0.05, 0) is 55.6 Å². The van der Waals surface area contributed by atoms with E-state index in [-0.39, 0.29) is 0 Å². The van der Waals surface area contributed by atoms with Crippen LogP contribution in [0.25, 0.3) is 0 Å². The highest BCUT2D eigenvalue weighted by Crippen LogP contribution is 2.23. The lowest BCUT2D eigenvalue weighted by Gasteiger charge is -2.16. The lowest BCUT2D eigenvalue weighted by Crippen LogP contribution is -2.19. The number of anilines is 1. The van der Waals surface area contributed by atoms with Crippen LogP contribution >= 0.6 is 11.8 Å². The van der Waals surface area contributed by atoms with E-state index in [2.05, 4.69) is 41.7 Å². The van der Waals surface area contributed by atoms with E-state index in [1.54, 1.807) is 0 Å². The molecule has 0 bridgehead atoms. The van der Waals surface area contributed by atoms with E-state index in [1.807, 2.05) is 11.8 Å². The molecule has 1 aliphatic rings. The zero-order chi connectivity index (χ0) is 12.1. The lowest BCUT2D eigenvalue weighted by molar-refractivity contribution is 0.328. The summed E-state index contributed by atoms with van der Waals surface area (Å²) in [5.41, 5.74) is 4.26. The van der Waals surface area contributed by atoms with Crippen LogP contribution in [0.5, 0.6) is 0 Å². The first-order valence-corrected chi connectivity index (χ1v) is 7.72. The highest BCUT2D eigenvalue weighted by Gasteiger charge is 2.10. The summed E-state index contributed by atoms with van der Waals surface area (Å²) < 4.78 is 0. The van der Waals surface area contributed by atoms with Gasteiger partial charge in [0, 0.05) is 18.8 Å². The average Bonchev–Trinajstić information content (AvgIpc) is 2.76. The van der Waals surface area contributed by atoms with E-state index in [4.69, 9.17) is 0 Å². The van der Waals surface area contributed by atoms with Gasteiger partial charge in [-0.15, -0.1) is 0 Å². The average molecular weight is 250 g/mol. The zero-order valence-corrected chi connectivity index (χ0v) is 11.6. The first-order valence-electron chi connectivity index (χ1n) is 6.33. The number of thioether (sulfide) groups is 1. The van der Waals surface area contributed by atoms with Crippen molar-refractivity contribution in [1.29, 1.82) is 0 Å². The summed E-state index contributed by atoms with van der Waals surface area (Å²) in [5.74, 6) is 1.26. The smallest absolute Gasteiger partial charge is 0.0373 e. The number of rotatable bonds is 6. The van der Waals surface area contributed by atoms with Gasteiger partial charge in [0.2, 0.25) is 0 Å². The predicted molar refractivity (Wildman–Crippen MR) is 78.0 cm³/mol. The number of nitrogens with one attached hydrogen (secondary N) is 1. The second kappa shape index (κ2) is 6.31. The van der Waals surface area contributed by atoms with Gasteiger partial charge in [0.1, 0.15) is 0 Å². The topological polar surface area (TPSA) is 15.3 Å². The molecule has 0 atom stereocenters. The molecule has 1 aliphatic heterocycles. The highest BCUT2D eigenvalue weighted by atomic mass is 32.2. The number of benzene rings is 1. The van der Waals surface area contributed by atoms with Crippen molar-refractivity contribution >= 4 is 17.4 Å². The van der Waals surface area contributed by atoms with Gasteiger partial charge in [-0.3, -0.25) is 0 Å². The van der Waals surface area contributed by atoms with E-state index in [0.29, 0.717) is 0 Å². The molecule has 1 heterocycles. The summed E-state index contributed by atoms with van der Waals surface area (Å²) >= 11 is 1.93. The minimum absolute atomic E-state index is 1.07.